The van der Waals surface area contributed by atoms with Crippen molar-refractivity contribution in [3.8, 4) is 5.75 Å². The smallest absolute Gasteiger partial charge is 0.258 e. The minimum absolute atomic E-state index is 0.0765. The molecule has 120 valence electrons. The Morgan fingerprint density at radius 2 is 1.87 bits per heavy atom. The van der Waals surface area contributed by atoms with E-state index in [4.69, 9.17) is 4.74 Å². The van der Waals surface area contributed by atoms with Crippen LogP contribution in [-0.2, 0) is 11.3 Å². The van der Waals surface area contributed by atoms with Crippen molar-refractivity contribution in [2.45, 2.75) is 26.8 Å². The first-order valence-corrected chi connectivity index (χ1v) is 7.53. The number of carbonyl (C=O) groups is 2. The molecule has 0 atom stereocenters. The normalized spacial score (nSPS) is 10.2. The Labute approximate surface area is 135 Å². The van der Waals surface area contributed by atoms with E-state index in [1.165, 1.54) is 0 Å². The van der Waals surface area contributed by atoms with E-state index in [-0.39, 0.29) is 18.3 Å². The van der Waals surface area contributed by atoms with E-state index < -0.39 is 0 Å². The third-order valence-electron chi connectivity index (χ3n) is 3.28. The van der Waals surface area contributed by atoms with Crippen LogP contribution in [0.15, 0.2) is 42.5 Å². The molecule has 0 radical (unpaired) electrons. The summed E-state index contributed by atoms with van der Waals surface area (Å²) < 4.78 is 5.40. The molecule has 0 fully saturated rings. The van der Waals surface area contributed by atoms with E-state index >= 15 is 0 Å². The van der Waals surface area contributed by atoms with Gasteiger partial charge in [-0.15, -0.1) is 0 Å². The van der Waals surface area contributed by atoms with Crippen molar-refractivity contribution < 1.29 is 14.3 Å². The third-order valence-corrected chi connectivity index (χ3v) is 3.28. The predicted octanol–water partition coefficient (Wildman–Crippen LogP) is 2.68. The van der Waals surface area contributed by atoms with Crippen molar-refractivity contribution in [1.29, 1.82) is 0 Å². The van der Waals surface area contributed by atoms with E-state index in [0.717, 1.165) is 11.4 Å². The molecular formula is C18H20N2O3. The van der Waals surface area contributed by atoms with Crippen LogP contribution in [0, 0.1) is 6.92 Å². The molecule has 0 bridgehead atoms. The topological polar surface area (TPSA) is 68.3 Å². The fraction of sp³-hybridized carbons (Fsp3) is 0.278. The standard InChI is InChI=1S/C18H20N2O3/c1-3-17(21)14-7-9-16(10-8-14)23-12-18(22)19-11-15-6-4-5-13(2)20-15/h4-10H,3,11-12H2,1-2H3,(H,19,22). The van der Waals surface area contributed by atoms with Crippen LogP contribution in [0.4, 0.5) is 0 Å². The molecule has 0 saturated carbocycles. The van der Waals surface area contributed by atoms with Gasteiger partial charge < -0.3 is 10.1 Å². The molecule has 2 aromatic rings. The summed E-state index contributed by atoms with van der Waals surface area (Å²) >= 11 is 0. The van der Waals surface area contributed by atoms with Gasteiger partial charge in [-0.1, -0.05) is 13.0 Å². The minimum atomic E-state index is -0.220. The average Bonchev–Trinajstić information content (AvgIpc) is 2.58. The fourth-order valence-electron chi connectivity index (χ4n) is 2.03. The van der Waals surface area contributed by atoms with E-state index in [1.54, 1.807) is 24.3 Å². The van der Waals surface area contributed by atoms with Crippen molar-refractivity contribution in [3.05, 3.63) is 59.4 Å². The summed E-state index contributed by atoms with van der Waals surface area (Å²) in [4.78, 5) is 27.6. The molecule has 1 amide bonds. The molecule has 1 N–H and O–H groups in total. The molecule has 1 heterocycles. The number of nitrogens with zero attached hydrogens (tertiary/aromatic N) is 1. The lowest BCUT2D eigenvalue weighted by atomic mass is 10.1. The lowest BCUT2D eigenvalue weighted by Crippen LogP contribution is -2.28. The van der Waals surface area contributed by atoms with Crippen LogP contribution in [0.5, 0.6) is 5.75 Å². The molecule has 1 aromatic carbocycles. The molecule has 5 heteroatoms. The molecule has 23 heavy (non-hydrogen) atoms. The van der Waals surface area contributed by atoms with Crippen LogP contribution >= 0.6 is 0 Å². The number of amides is 1. The Morgan fingerprint density at radius 1 is 1.13 bits per heavy atom. The minimum Gasteiger partial charge on any atom is -0.484 e. The van der Waals surface area contributed by atoms with E-state index in [2.05, 4.69) is 10.3 Å². The maximum absolute atomic E-state index is 11.8. The zero-order valence-electron chi connectivity index (χ0n) is 13.3. The van der Waals surface area contributed by atoms with Crippen LogP contribution in [0.1, 0.15) is 35.1 Å². The van der Waals surface area contributed by atoms with Crippen LogP contribution in [-0.4, -0.2) is 23.3 Å². The van der Waals surface area contributed by atoms with Crippen molar-refractivity contribution in [2.75, 3.05) is 6.61 Å². The van der Waals surface area contributed by atoms with Gasteiger partial charge in [0.15, 0.2) is 12.4 Å². The highest BCUT2D eigenvalue weighted by Crippen LogP contribution is 2.13. The largest absolute Gasteiger partial charge is 0.484 e. The molecule has 1 aromatic heterocycles. The molecule has 2 rings (SSSR count). The highest BCUT2D eigenvalue weighted by atomic mass is 16.5. The lowest BCUT2D eigenvalue weighted by molar-refractivity contribution is -0.123. The summed E-state index contributed by atoms with van der Waals surface area (Å²) in [6.07, 6.45) is 0.468. The number of pyridine rings is 1. The second kappa shape index (κ2) is 8.08. The molecule has 0 spiro atoms. The SMILES string of the molecule is CCC(=O)c1ccc(OCC(=O)NCc2cccc(C)n2)cc1. The maximum Gasteiger partial charge on any atom is 0.258 e. The number of Topliss-reactive ketones (excluding diaryl/α,β-unsaturated/α-hetero) is 1. The Hall–Kier alpha value is -2.69. The summed E-state index contributed by atoms with van der Waals surface area (Å²) in [5.74, 6) is 0.420. The maximum atomic E-state index is 11.8. The molecule has 0 aliphatic rings. The summed E-state index contributed by atoms with van der Waals surface area (Å²) in [7, 11) is 0. The number of ketones is 1. The second-order valence-electron chi connectivity index (χ2n) is 5.14. The van der Waals surface area contributed by atoms with E-state index in [0.29, 0.717) is 24.3 Å². The Morgan fingerprint density at radius 3 is 2.52 bits per heavy atom. The number of hydrogen-bond donors (Lipinski definition) is 1. The van der Waals surface area contributed by atoms with Crippen LogP contribution in [0.25, 0.3) is 0 Å². The molecule has 0 unspecified atom stereocenters. The van der Waals surface area contributed by atoms with Gasteiger partial charge in [0, 0.05) is 17.7 Å². The van der Waals surface area contributed by atoms with Gasteiger partial charge in [-0.05, 0) is 43.3 Å². The number of rotatable bonds is 7. The van der Waals surface area contributed by atoms with Crippen LogP contribution in [0.3, 0.4) is 0 Å². The van der Waals surface area contributed by atoms with Gasteiger partial charge in [0.25, 0.3) is 5.91 Å². The fourth-order valence-corrected chi connectivity index (χ4v) is 2.03. The summed E-state index contributed by atoms with van der Waals surface area (Å²) in [6.45, 7) is 4.02. The van der Waals surface area contributed by atoms with Gasteiger partial charge in [-0.3, -0.25) is 14.6 Å². The van der Waals surface area contributed by atoms with Gasteiger partial charge in [0.2, 0.25) is 0 Å². The Kier molecular flexibility index (Phi) is 5.86. The molecule has 0 aliphatic heterocycles. The Bertz CT molecular complexity index is 681. The summed E-state index contributed by atoms with van der Waals surface area (Å²) in [5.41, 5.74) is 2.37. The predicted molar refractivity (Wildman–Crippen MR) is 87.4 cm³/mol. The monoisotopic (exact) mass is 312 g/mol. The number of aromatic nitrogens is 1. The zero-order valence-corrected chi connectivity index (χ0v) is 13.3. The quantitative estimate of drug-likeness (QED) is 0.798. The second-order valence-corrected chi connectivity index (χ2v) is 5.14. The van der Waals surface area contributed by atoms with Gasteiger partial charge in [0.05, 0.1) is 12.2 Å². The number of nitrogens with one attached hydrogen (secondary N) is 1. The van der Waals surface area contributed by atoms with E-state index in [1.807, 2.05) is 32.0 Å². The summed E-state index contributed by atoms with van der Waals surface area (Å²) in [6, 6.07) is 12.5. The molecule has 0 saturated heterocycles. The first kappa shape index (κ1) is 16.7. The first-order valence-electron chi connectivity index (χ1n) is 7.53. The Balaban J connectivity index is 1.79. The van der Waals surface area contributed by atoms with Crippen LogP contribution < -0.4 is 10.1 Å². The first-order chi connectivity index (χ1) is 11.1. The van der Waals surface area contributed by atoms with Crippen molar-refractivity contribution in [2.24, 2.45) is 0 Å². The lowest BCUT2D eigenvalue weighted by Gasteiger charge is -2.08. The van der Waals surface area contributed by atoms with Crippen molar-refractivity contribution in [3.63, 3.8) is 0 Å². The van der Waals surface area contributed by atoms with Gasteiger partial charge in [-0.2, -0.15) is 0 Å². The highest BCUT2D eigenvalue weighted by Gasteiger charge is 2.06. The average molecular weight is 312 g/mol. The molecular weight excluding hydrogens is 292 g/mol. The molecule has 0 aliphatic carbocycles. The van der Waals surface area contributed by atoms with Gasteiger partial charge in [-0.25, -0.2) is 0 Å². The van der Waals surface area contributed by atoms with Crippen molar-refractivity contribution in [1.82, 2.24) is 10.3 Å². The number of carbonyl (C=O) groups excluding carboxylic acids is 2. The number of aryl methyl sites for hydroxylation is 1. The van der Waals surface area contributed by atoms with Crippen molar-refractivity contribution >= 4 is 11.7 Å². The number of benzene rings is 1. The highest BCUT2D eigenvalue weighted by molar-refractivity contribution is 5.95. The number of hydrogen-bond acceptors (Lipinski definition) is 4. The van der Waals surface area contributed by atoms with Crippen LogP contribution in [0.2, 0.25) is 0 Å². The molecule has 5 nitrogen and oxygen atoms in total. The van der Waals surface area contributed by atoms with E-state index in [9.17, 15) is 9.59 Å². The van der Waals surface area contributed by atoms with Gasteiger partial charge in [0.1, 0.15) is 5.75 Å². The zero-order chi connectivity index (χ0) is 16.7. The summed E-state index contributed by atoms with van der Waals surface area (Å²) in [5, 5.41) is 2.75. The third kappa shape index (κ3) is 5.21. The van der Waals surface area contributed by atoms with Gasteiger partial charge >= 0.3 is 0 Å². The number of ether oxygens (including phenoxy) is 1.